The van der Waals surface area contributed by atoms with Crippen molar-refractivity contribution in [2.24, 2.45) is 0 Å². The van der Waals surface area contributed by atoms with Crippen LogP contribution < -0.4 is 0 Å². The van der Waals surface area contributed by atoms with E-state index in [1.165, 1.54) is 0 Å². The largest absolute Gasteiger partial charge is 0.252 e. The van der Waals surface area contributed by atoms with Crippen LogP contribution in [0.25, 0.3) is 32.2 Å². The van der Waals surface area contributed by atoms with Crippen molar-refractivity contribution < 1.29 is 0 Å². The third kappa shape index (κ3) is 2.27. The molecule has 0 atom stereocenters. The zero-order valence-electron chi connectivity index (χ0n) is 12.0. The molecule has 0 amide bonds. The third-order valence-electron chi connectivity index (χ3n) is 3.50. The van der Waals surface area contributed by atoms with Crippen molar-refractivity contribution >= 4 is 22.4 Å². The van der Waals surface area contributed by atoms with Gasteiger partial charge in [-0.25, -0.2) is 9.97 Å². The van der Waals surface area contributed by atoms with Gasteiger partial charge in [0.1, 0.15) is 10.7 Å². The number of rotatable bonds is 2. The number of benzene rings is 2. The third-order valence-corrected chi connectivity index (χ3v) is 4.73. The number of fused-ring (bicyclic) bond motifs is 1. The summed E-state index contributed by atoms with van der Waals surface area (Å²) >= 11 is 1.66. The van der Waals surface area contributed by atoms with Crippen LogP contribution in [0.4, 0.5) is 0 Å². The van der Waals surface area contributed by atoms with Crippen LogP contribution in [0.1, 0.15) is 5.69 Å². The van der Waals surface area contributed by atoms with E-state index in [9.17, 15) is 0 Å². The van der Waals surface area contributed by atoms with Crippen LogP contribution in [0.5, 0.6) is 0 Å². The van der Waals surface area contributed by atoms with Crippen LogP contribution in [-0.2, 0) is 0 Å². The molecule has 0 aliphatic rings. The van der Waals surface area contributed by atoms with Gasteiger partial charge < -0.3 is 0 Å². The zero-order chi connectivity index (χ0) is 14.9. The van der Waals surface area contributed by atoms with E-state index in [0.29, 0.717) is 0 Å². The maximum atomic E-state index is 4.72. The van der Waals surface area contributed by atoms with Gasteiger partial charge in [0.05, 0.1) is 27.8 Å². The molecule has 3 nitrogen and oxygen atoms in total. The molecule has 4 heteroatoms. The van der Waals surface area contributed by atoms with Crippen molar-refractivity contribution in [3.63, 3.8) is 0 Å². The maximum absolute atomic E-state index is 4.72. The van der Waals surface area contributed by atoms with Crippen molar-refractivity contribution in [1.82, 2.24) is 15.0 Å². The lowest BCUT2D eigenvalue weighted by Gasteiger charge is -2.00. The van der Waals surface area contributed by atoms with Crippen molar-refractivity contribution in [3.05, 3.63) is 66.5 Å². The quantitative estimate of drug-likeness (QED) is 0.537. The Balaban J connectivity index is 1.83. The number of hydrogen-bond donors (Lipinski definition) is 0. The molecule has 2 aromatic heterocycles. The van der Waals surface area contributed by atoms with E-state index >= 15 is 0 Å². The predicted molar refractivity (Wildman–Crippen MR) is 90.8 cm³/mol. The summed E-state index contributed by atoms with van der Waals surface area (Å²) in [6, 6.07) is 18.1. The molecule has 22 heavy (non-hydrogen) atoms. The number of thiazole rings is 1. The summed E-state index contributed by atoms with van der Waals surface area (Å²) in [5.74, 6) is 0. The topological polar surface area (TPSA) is 38.7 Å². The van der Waals surface area contributed by atoms with E-state index in [2.05, 4.69) is 22.1 Å². The average molecular weight is 303 g/mol. The Morgan fingerprint density at radius 3 is 2.36 bits per heavy atom. The molecule has 4 rings (SSSR count). The fraction of sp³-hybridized carbons (Fsp3) is 0.0556. The number of aromatic nitrogens is 3. The van der Waals surface area contributed by atoms with E-state index in [0.717, 1.165) is 37.9 Å². The second-order valence-corrected chi connectivity index (χ2v) is 6.04. The fourth-order valence-corrected chi connectivity index (χ4v) is 3.43. The minimum atomic E-state index is 0.885. The van der Waals surface area contributed by atoms with Crippen LogP contribution in [0, 0.1) is 6.92 Å². The SMILES string of the molecule is Cc1nc(-c2ccccc2)sc1-c1cnc2ccccc2n1. The lowest BCUT2D eigenvalue weighted by atomic mass is 10.2. The Morgan fingerprint density at radius 2 is 1.55 bits per heavy atom. The molecule has 0 spiro atoms. The highest BCUT2D eigenvalue weighted by Crippen LogP contribution is 2.34. The Hall–Kier alpha value is -2.59. The minimum absolute atomic E-state index is 0.885. The van der Waals surface area contributed by atoms with Gasteiger partial charge in [-0.2, -0.15) is 0 Å². The number of hydrogen-bond acceptors (Lipinski definition) is 4. The van der Waals surface area contributed by atoms with Gasteiger partial charge in [0.15, 0.2) is 0 Å². The van der Waals surface area contributed by atoms with E-state index in [-0.39, 0.29) is 0 Å². The molecular formula is C18H13N3S. The fourth-order valence-electron chi connectivity index (χ4n) is 2.40. The molecule has 0 saturated heterocycles. The van der Waals surface area contributed by atoms with Crippen LogP contribution >= 0.6 is 11.3 Å². The molecule has 0 bridgehead atoms. The van der Waals surface area contributed by atoms with Crippen molar-refractivity contribution in [2.75, 3.05) is 0 Å². The molecule has 0 N–H and O–H groups in total. The molecule has 106 valence electrons. The second-order valence-electron chi connectivity index (χ2n) is 5.04. The van der Waals surface area contributed by atoms with E-state index in [1.54, 1.807) is 11.3 Å². The van der Waals surface area contributed by atoms with Gasteiger partial charge in [-0.1, -0.05) is 42.5 Å². The Morgan fingerprint density at radius 1 is 0.818 bits per heavy atom. The summed E-state index contributed by atoms with van der Waals surface area (Å²) in [6.45, 7) is 2.02. The van der Waals surface area contributed by atoms with Crippen molar-refractivity contribution in [2.45, 2.75) is 6.92 Å². The highest BCUT2D eigenvalue weighted by molar-refractivity contribution is 7.18. The number of aryl methyl sites for hydroxylation is 1. The lowest BCUT2D eigenvalue weighted by Crippen LogP contribution is -1.87. The zero-order valence-corrected chi connectivity index (χ0v) is 12.8. The van der Waals surface area contributed by atoms with Gasteiger partial charge >= 0.3 is 0 Å². The highest BCUT2D eigenvalue weighted by atomic mass is 32.1. The highest BCUT2D eigenvalue weighted by Gasteiger charge is 2.13. The first-order valence-corrected chi connectivity index (χ1v) is 7.88. The monoisotopic (exact) mass is 303 g/mol. The first-order valence-electron chi connectivity index (χ1n) is 7.06. The van der Waals surface area contributed by atoms with E-state index < -0.39 is 0 Å². The predicted octanol–water partition coefficient (Wildman–Crippen LogP) is 4.73. The average Bonchev–Trinajstić information content (AvgIpc) is 2.97. The van der Waals surface area contributed by atoms with Crippen LogP contribution in [0.3, 0.4) is 0 Å². The molecule has 2 heterocycles. The normalized spacial score (nSPS) is 11.0. The summed E-state index contributed by atoms with van der Waals surface area (Å²) < 4.78 is 0. The van der Waals surface area contributed by atoms with Gasteiger partial charge in [-0.3, -0.25) is 4.98 Å². The van der Waals surface area contributed by atoms with Crippen LogP contribution in [0.15, 0.2) is 60.8 Å². The van der Waals surface area contributed by atoms with Crippen LogP contribution in [0.2, 0.25) is 0 Å². The number of nitrogens with zero attached hydrogens (tertiary/aromatic N) is 3. The van der Waals surface area contributed by atoms with E-state index in [4.69, 9.17) is 4.98 Å². The molecule has 0 aliphatic carbocycles. The van der Waals surface area contributed by atoms with Gasteiger partial charge in [0.25, 0.3) is 0 Å². The molecule has 0 saturated carbocycles. The molecule has 0 fully saturated rings. The summed E-state index contributed by atoms with van der Waals surface area (Å²) in [7, 11) is 0. The molecule has 4 aromatic rings. The first-order chi connectivity index (χ1) is 10.8. The van der Waals surface area contributed by atoms with Gasteiger partial charge in [0, 0.05) is 5.56 Å². The van der Waals surface area contributed by atoms with Gasteiger partial charge in [-0.05, 0) is 19.1 Å². The summed E-state index contributed by atoms with van der Waals surface area (Å²) in [5, 5.41) is 1.02. The molecular weight excluding hydrogens is 290 g/mol. The van der Waals surface area contributed by atoms with Crippen molar-refractivity contribution in [3.8, 4) is 21.1 Å². The maximum Gasteiger partial charge on any atom is 0.124 e. The smallest absolute Gasteiger partial charge is 0.124 e. The lowest BCUT2D eigenvalue weighted by molar-refractivity contribution is 1.24. The van der Waals surface area contributed by atoms with Crippen LogP contribution in [-0.4, -0.2) is 15.0 Å². The number of para-hydroxylation sites is 2. The van der Waals surface area contributed by atoms with Gasteiger partial charge in [-0.15, -0.1) is 11.3 Å². The van der Waals surface area contributed by atoms with E-state index in [1.807, 2.05) is 55.6 Å². The molecule has 0 radical (unpaired) electrons. The Bertz CT molecular complexity index is 945. The first kappa shape index (κ1) is 13.1. The summed E-state index contributed by atoms with van der Waals surface area (Å²) in [5.41, 5.74) is 4.84. The molecule has 0 aliphatic heterocycles. The van der Waals surface area contributed by atoms with Crippen molar-refractivity contribution in [1.29, 1.82) is 0 Å². The Labute approximate surface area is 132 Å². The molecule has 2 aromatic carbocycles. The minimum Gasteiger partial charge on any atom is -0.252 e. The van der Waals surface area contributed by atoms with Gasteiger partial charge in [0.2, 0.25) is 0 Å². The summed E-state index contributed by atoms with van der Waals surface area (Å²) in [6.07, 6.45) is 1.83. The summed E-state index contributed by atoms with van der Waals surface area (Å²) in [4.78, 5) is 15.0. The second kappa shape index (κ2) is 5.31. The molecule has 0 unspecified atom stereocenters. The standard InChI is InChI=1S/C18H13N3S/c1-12-17(22-18(20-12)13-7-3-2-4-8-13)16-11-19-14-9-5-6-10-15(14)21-16/h2-11H,1H3. The Kier molecular flexibility index (Phi) is 3.16.